The van der Waals surface area contributed by atoms with Gasteiger partial charge in [-0.05, 0) is 32.0 Å². The van der Waals surface area contributed by atoms with Crippen LogP contribution in [-0.2, 0) is 0 Å². The molecule has 1 rings (SSSR count). The predicted octanol–water partition coefficient (Wildman–Crippen LogP) is 1.06. The van der Waals surface area contributed by atoms with Crippen molar-refractivity contribution in [1.82, 2.24) is 10.3 Å². The molecule has 3 heteroatoms. The Morgan fingerprint density at radius 1 is 1.50 bits per heavy atom. The third kappa shape index (κ3) is 3.08. The minimum Gasteiger partial charge on any atom is -0.505 e. The summed E-state index contributed by atoms with van der Waals surface area (Å²) in [6, 6.07) is 3.37. The molecule has 1 heterocycles. The van der Waals surface area contributed by atoms with E-state index in [0.717, 1.165) is 18.7 Å². The molecule has 1 aromatic rings. The number of aromatic nitrogens is 1. The summed E-state index contributed by atoms with van der Waals surface area (Å²) in [6.07, 6.45) is 0.756. The van der Waals surface area contributed by atoms with Crippen molar-refractivity contribution in [2.75, 3.05) is 13.6 Å². The second-order valence-corrected chi connectivity index (χ2v) is 2.98. The van der Waals surface area contributed by atoms with E-state index in [1.165, 1.54) is 0 Å². The smallest absolute Gasteiger partial charge is 0.155 e. The van der Waals surface area contributed by atoms with Gasteiger partial charge in [-0.1, -0.05) is 5.92 Å². The summed E-state index contributed by atoms with van der Waals surface area (Å²) in [7, 11) is 1.88. The van der Waals surface area contributed by atoms with Crippen LogP contribution in [0.5, 0.6) is 5.75 Å². The van der Waals surface area contributed by atoms with Crippen LogP contribution < -0.4 is 5.32 Å². The molecule has 0 saturated heterocycles. The van der Waals surface area contributed by atoms with Gasteiger partial charge in [0, 0.05) is 18.7 Å². The number of rotatable bonds is 2. The Hall–Kier alpha value is -1.53. The van der Waals surface area contributed by atoms with Crippen molar-refractivity contribution >= 4 is 0 Å². The molecule has 0 saturated carbocycles. The van der Waals surface area contributed by atoms with Gasteiger partial charge < -0.3 is 10.4 Å². The Balaban J connectivity index is 2.73. The average molecular weight is 190 g/mol. The van der Waals surface area contributed by atoms with Crippen molar-refractivity contribution in [3.8, 4) is 17.6 Å². The molecule has 0 unspecified atom stereocenters. The zero-order valence-electron chi connectivity index (χ0n) is 8.46. The number of hydrogen-bond donors (Lipinski definition) is 2. The fraction of sp³-hybridized carbons (Fsp3) is 0.364. The summed E-state index contributed by atoms with van der Waals surface area (Å²) in [5.41, 5.74) is 1.32. The average Bonchev–Trinajstić information content (AvgIpc) is 2.18. The van der Waals surface area contributed by atoms with E-state index in [0.29, 0.717) is 5.69 Å². The topological polar surface area (TPSA) is 45.2 Å². The maximum atomic E-state index is 9.41. The van der Waals surface area contributed by atoms with E-state index in [1.807, 2.05) is 14.0 Å². The minimum atomic E-state index is 0.146. The first-order valence-electron chi connectivity index (χ1n) is 4.54. The van der Waals surface area contributed by atoms with Gasteiger partial charge in [0.2, 0.25) is 0 Å². The molecule has 14 heavy (non-hydrogen) atoms. The molecular formula is C11H14N2O. The first-order valence-corrected chi connectivity index (χ1v) is 4.54. The van der Waals surface area contributed by atoms with E-state index in [4.69, 9.17) is 0 Å². The Kier molecular flexibility index (Phi) is 3.96. The molecule has 2 N–H and O–H groups in total. The number of nitrogens with zero attached hydrogens (tertiary/aromatic N) is 1. The van der Waals surface area contributed by atoms with Crippen LogP contribution in [0.3, 0.4) is 0 Å². The van der Waals surface area contributed by atoms with Gasteiger partial charge in [0.15, 0.2) is 5.69 Å². The van der Waals surface area contributed by atoms with Crippen molar-refractivity contribution in [1.29, 1.82) is 0 Å². The molecule has 0 aromatic carbocycles. The zero-order valence-corrected chi connectivity index (χ0v) is 8.46. The fourth-order valence-corrected chi connectivity index (χ4v) is 0.975. The van der Waals surface area contributed by atoms with Gasteiger partial charge in [-0.25, -0.2) is 4.98 Å². The molecule has 3 nitrogen and oxygen atoms in total. The summed E-state index contributed by atoms with van der Waals surface area (Å²) in [5.74, 6) is 5.92. The summed E-state index contributed by atoms with van der Waals surface area (Å²) >= 11 is 0. The molecule has 0 radical (unpaired) electrons. The Bertz CT molecular complexity index is 363. The van der Waals surface area contributed by atoms with E-state index in [2.05, 4.69) is 22.1 Å². The van der Waals surface area contributed by atoms with Gasteiger partial charge in [0.05, 0.1) is 0 Å². The zero-order chi connectivity index (χ0) is 10.4. The number of hydrogen-bond acceptors (Lipinski definition) is 3. The molecule has 0 aliphatic carbocycles. The van der Waals surface area contributed by atoms with Crippen LogP contribution >= 0.6 is 0 Å². The van der Waals surface area contributed by atoms with E-state index in [9.17, 15) is 5.11 Å². The monoisotopic (exact) mass is 190 g/mol. The van der Waals surface area contributed by atoms with Gasteiger partial charge in [-0.2, -0.15) is 0 Å². The highest BCUT2D eigenvalue weighted by atomic mass is 16.3. The van der Waals surface area contributed by atoms with Gasteiger partial charge in [-0.15, -0.1) is 0 Å². The SMILES string of the molecule is CNCCC#Cc1nc(C)ccc1O. The quantitative estimate of drug-likeness (QED) is 0.541. The highest BCUT2D eigenvalue weighted by Crippen LogP contribution is 2.12. The van der Waals surface area contributed by atoms with Crippen LogP contribution in [-0.4, -0.2) is 23.7 Å². The Morgan fingerprint density at radius 3 is 3.00 bits per heavy atom. The van der Waals surface area contributed by atoms with Crippen LogP contribution in [0.1, 0.15) is 17.8 Å². The first-order chi connectivity index (χ1) is 6.74. The van der Waals surface area contributed by atoms with Gasteiger partial charge >= 0.3 is 0 Å². The lowest BCUT2D eigenvalue weighted by atomic mass is 10.3. The molecule has 0 fully saturated rings. The number of pyridine rings is 1. The molecule has 1 aromatic heterocycles. The summed E-state index contributed by atoms with van der Waals surface area (Å²) < 4.78 is 0. The third-order valence-electron chi connectivity index (χ3n) is 1.72. The fourth-order valence-electron chi connectivity index (χ4n) is 0.975. The molecule has 0 aliphatic rings. The predicted molar refractivity (Wildman–Crippen MR) is 56.1 cm³/mol. The second-order valence-electron chi connectivity index (χ2n) is 2.98. The molecular weight excluding hydrogens is 176 g/mol. The molecule has 0 aliphatic heterocycles. The van der Waals surface area contributed by atoms with Gasteiger partial charge in [0.1, 0.15) is 5.75 Å². The van der Waals surface area contributed by atoms with Crippen LogP contribution in [0.15, 0.2) is 12.1 Å². The van der Waals surface area contributed by atoms with E-state index >= 15 is 0 Å². The molecule has 0 amide bonds. The molecule has 74 valence electrons. The number of aryl methyl sites for hydroxylation is 1. The molecule has 0 atom stereocenters. The second kappa shape index (κ2) is 5.25. The maximum absolute atomic E-state index is 9.41. The number of nitrogens with one attached hydrogen (secondary N) is 1. The highest BCUT2D eigenvalue weighted by Gasteiger charge is 1.97. The van der Waals surface area contributed by atoms with Crippen molar-refractivity contribution in [3.63, 3.8) is 0 Å². The van der Waals surface area contributed by atoms with E-state index in [1.54, 1.807) is 12.1 Å². The number of aromatic hydroxyl groups is 1. The van der Waals surface area contributed by atoms with Crippen molar-refractivity contribution < 1.29 is 5.11 Å². The highest BCUT2D eigenvalue weighted by molar-refractivity contribution is 5.40. The van der Waals surface area contributed by atoms with E-state index in [-0.39, 0.29) is 5.75 Å². The van der Waals surface area contributed by atoms with Crippen LogP contribution in [0, 0.1) is 18.8 Å². The largest absolute Gasteiger partial charge is 0.505 e. The van der Waals surface area contributed by atoms with Crippen LogP contribution in [0.4, 0.5) is 0 Å². The normalized spacial score (nSPS) is 9.29. The van der Waals surface area contributed by atoms with Crippen molar-refractivity contribution in [3.05, 3.63) is 23.5 Å². The van der Waals surface area contributed by atoms with Crippen molar-refractivity contribution in [2.45, 2.75) is 13.3 Å². The summed E-state index contributed by atoms with van der Waals surface area (Å²) in [5, 5.41) is 12.4. The lowest BCUT2D eigenvalue weighted by Crippen LogP contribution is -2.05. The molecule has 0 spiro atoms. The Morgan fingerprint density at radius 2 is 2.29 bits per heavy atom. The first kappa shape index (κ1) is 10.6. The third-order valence-corrected chi connectivity index (χ3v) is 1.72. The van der Waals surface area contributed by atoms with Gasteiger partial charge in [0.25, 0.3) is 0 Å². The van der Waals surface area contributed by atoms with E-state index < -0.39 is 0 Å². The lowest BCUT2D eigenvalue weighted by Gasteiger charge is -1.96. The summed E-state index contributed by atoms with van der Waals surface area (Å²) in [6.45, 7) is 2.72. The maximum Gasteiger partial charge on any atom is 0.155 e. The molecule has 0 bridgehead atoms. The standard InChI is InChI=1S/C11H14N2O/c1-9-6-7-11(14)10(13-9)5-3-4-8-12-2/h6-7,12,14H,4,8H2,1-2H3. The minimum absolute atomic E-state index is 0.146. The Labute approximate surface area is 84.2 Å². The van der Waals surface area contributed by atoms with Crippen LogP contribution in [0.25, 0.3) is 0 Å². The van der Waals surface area contributed by atoms with Gasteiger partial charge in [-0.3, -0.25) is 0 Å². The van der Waals surface area contributed by atoms with Crippen LogP contribution in [0.2, 0.25) is 0 Å². The lowest BCUT2D eigenvalue weighted by molar-refractivity contribution is 0.470. The summed E-state index contributed by atoms with van der Waals surface area (Å²) in [4.78, 5) is 4.13. The van der Waals surface area contributed by atoms with Crippen molar-refractivity contribution in [2.24, 2.45) is 0 Å².